The van der Waals surface area contributed by atoms with Gasteiger partial charge in [-0.1, -0.05) is 54.9 Å². The van der Waals surface area contributed by atoms with Crippen molar-refractivity contribution < 1.29 is 14.7 Å². The van der Waals surface area contributed by atoms with Crippen LogP contribution in [-0.2, 0) is 11.2 Å². The van der Waals surface area contributed by atoms with Crippen molar-refractivity contribution in [3.05, 3.63) is 76.3 Å². The van der Waals surface area contributed by atoms with Crippen LogP contribution in [0.4, 0.5) is 0 Å². The smallest absolute Gasteiger partial charge is 0.305 e. The molecule has 0 spiro atoms. The number of halogens is 1. The first-order chi connectivity index (χ1) is 14.4. The molecular weight excluding hydrogens is 404 g/mol. The number of aryl methyl sites for hydroxylation is 2. The quantitative estimate of drug-likeness (QED) is 0.564. The van der Waals surface area contributed by atoms with E-state index in [4.69, 9.17) is 11.6 Å². The van der Waals surface area contributed by atoms with Crippen molar-refractivity contribution in [2.75, 3.05) is 0 Å². The Kier molecular flexibility index (Phi) is 6.84. The lowest BCUT2D eigenvalue weighted by molar-refractivity contribution is -0.137. The van der Waals surface area contributed by atoms with Crippen molar-refractivity contribution in [1.29, 1.82) is 0 Å². The number of para-hydroxylation sites is 1. The first kappa shape index (κ1) is 21.5. The van der Waals surface area contributed by atoms with E-state index in [9.17, 15) is 14.7 Å². The van der Waals surface area contributed by atoms with Crippen molar-refractivity contribution in [2.45, 2.75) is 39.2 Å². The van der Waals surface area contributed by atoms with Crippen LogP contribution >= 0.6 is 11.6 Å². The number of hydrogen-bond acceptors (Lipinski definition) is 4. The lowest BCUT2D eigenvalue weighted by atomic mass is 9.99. The van der Waals surface area contributed by atoms with Crippen LogP contribution in [0.1, 0.15) is 53.4 Å². The van der Waals surface area contributed by atoms with Crippen LogP contribution < -0.4 is 5.32 Å². The average molecular weight is 427 g/mol. The Hall–Kier alpha value is -3.19. The lowest BCUT2D eigenvalue weighted by Crippen LogP contribution is -2.31. The molecule has 8 heteroatoms. The maximum atomic E-state index is 12.9. The van der Waals surface area contributed by atoms with Gasteiger partial charge in [0.25, 0.3) is 5.91 Å². The molecule has 0 bridgehead atoms. The number of nitrogens with one attached hydrogen (secondary N) is 1. The second kappa shape index (κ2) is 9.54. The second-order valence-corrected chi connectivity index (χ2v) is 7.35. The van der Waals surface area contributed by atoms with Crippen LogP contribution in [-0.4, -0.2) is 31.7 Å². The Morgan fingerprint density at radius 1 is 1.17 bits per heavy atom. The second-order valence-electron chi connectivity index (χ2n) is 6.95. The Morgan fingerprint density at radius 2 is 1.87 bits per heavy atom. The third-order valence-corrected chi connectivity index (χ3v) is 5.00. The zero-order chi connectivity index (χ0) is 21.7. The number of amides is 1. The molecule has 3 rings (SSSR count). The third kappa shape index (κ3) is 4.86. The van der Waals surface area contributed by atoms with Crippen LogP contribution in [0.5, 0.6) is 0 Å². The van der Waals surface area contributed by atoms with Gasteiger partial charge in [0.2, 0.25) is 5.82 Å². The number of rotatable bonds is 8. The Balaban J connectivity index is 1.93. The SMILES string of the molecule is CCCc1nc(C(=O)N[C@@H](CC(=O)O)c2ccccc2C)nn1-c1ccccc1Cl. The molecule has 1 amide bonds. The van der Waals surface area contributed by atoms with Crippen molar-refractivity contribution in [1.82, 2.24) is 20.1 Å². The minimum absolute atomic E-state index is 0.0256. The highest BCUT2D eigenvalue weighted by Crippen LogP contribution is 2.23. The standard InChI is InChI=1S/C22H23ClN4O3/c1-3-8-19-25-21(26-27(19)18-12-7-6-11-16(18)23)22(30)24-17(13-20(28)29)15-10-5-4-9-14(15)2/h4-7,9-12,17H,3,8,13H2,1-2H3,(H,24,30)(H,28,29)/t17-/m0/s1. The number of carbonyl (C=O) groups is 2. The number of hydrogen-bond donors (Lipinski definition) is 2. The minimum Gasteiger partial charge on any atom is -0.481 e. The maximum absolute atomic E-state index is 12.9. The molecule has 0 radical (unpaired) electrons. The Labute approximate surface area is 179 Å². The number of carbonyl (C=O) groups excluding carboxylic acids is 1. The van der Waals surface area contributed by atoms with Gasteiger partial charge in [0.15, 0.2) is 0 Å². The van der Waals surface area contributed by atoms with Gasteiger partial charge in [0.05, 0.1) is 23.2 Å². The molecule has 0 saturated heterocycles. The van der Waals surface area contributed by atoms with Crippen molar-refractivity contribution in [2.24, 2.45) is 0 Å². The summed E-state index contributed by atoms with van der Waals surface area (Å²) in [7, 11) is 0. The largest absolute Gasteiger partial charge is 0.481 e. The number of nitrogens with zero attached hydrogens (tertiary/aromatic N) is 3. The van der Waals surface area contributed by atoms with Crippen LogP contribution in [0, 0.1) is 6.92 Å². The highest BCUT2D eigenvalue weighted by molar-refractivity contribution is 6.32. The monoisotopic (exact) mass is 426 g/mol. The molecule has 0 aliphatic rings. The van der Waals surface area contributed by atoms with E-state index in [-0.39, 0.29) is 12.2 Å². The topological polar surface area (TPSA) is 97.1 Å². The molecule has 30 heavy (non-hydrogen) atoms. The normalized spacial score (nSPS) is 11.8. The van der Waals surface area contributed by atoms with E-state index in [1.54, 1.807) is 16.8 Å². The maximum Gasteiger partial charge on any atom is 0.305 e. The summed E-state index contributed by atoms with van der Waals surface area (Å²) < 4.78 is 1.57. The molecule has 156 valence electrons. The van der Waals surface area contributed by atoms with Crippen LogP contribution in [0.2, 0.25) is 5.02 Å². The van der Waals surface area contributed by atoms with Gasteiger partial charge in [-0.25, -0.2) is 9.67 Å². The first-order valence-corrected chi connectivity index (χ1v) is 10.1. The molecule has 0 aliphatic carbocycles. The summed E-state index contributed by atoms with van der Waals surface area (Å²) in [6.45, 7) is 3.88. The number of benzene rings is 2. The molecule has 1 aromatic heterocycles. The van der Waals surface area contributed by atoms with Crippen LogP contribution in [0.3, 0.4) is 0 Å². The van der Waals surface area contributed by atoms with Crippen molar-refractivity contribution in [3.63, 3.8) is 0 Å². The average Bonchev–Trinajstić information content (AvgIpc) is 3.12. The molecule has 1 atom stereocenters. The number of aromatic nitrogens is 3. The van der Waals surface area contributed by atoms with Crippen molar-refractivity contribution >= 4 is 23.5 Å². The highest BCUT2D eigenvalue weighted by atomic mass is 35.5. The Bertz CT molecular complexity index is 1060. The fourth-order valence-electron chi connectivity index (χ4n) is 3.26. The lowest BCUT2D eigenvalue weighted by Gasteiger charge is -2.18. The van der Waals surface area contributed by atoms with E-state index in [1.165, 1.54) is 0 Å². The van der Waals surface area contributed by atoms with E-state index in [0.717, 1.165) is 17.5 Å². The van der Waals surface area contributed by atoms with E-state index in [1.807, 2.05) is 50.2 Å². The minimum atomic E-state index is -1.01. The summed E-state index contributed by atoms with van der Waals surface area (Å²) in [5.41, 5.74) is 2.27. The molecule has 2 N–H and O–H groups in total. The molecule has 7 nitrogen and oxygen atoms in total. The van der Waals surface area contributed by atoms with Gasteiger partial charge in [0.1, 0.15) is 5.82 Å². The van der Waals surface area contributed by atoms with Crippen LogP contribution in [0.25, 0.3) is 5.69 Å². The fourth-order valence-corrected chi connectivity index (χ4v) is 3.47. The van der Waals surface area contributed by atoms with Gasteiger partial charge in [0, 0.05) is 6.42 Å². The molecule has 0 fully saturated rings. The zero-order valence-corrected chi connectivity index (χ0v) is 17.6. The van der Waals surface area contributed by atoms with Crippen LogP contribution in [0.15, 0.2) is 48.5 Å². The fraction of sp³-hybridized carbons (Fsp3) is 0.273. The third-order valence-electron chi connectivity index (χ3n) is 4.68. The van der Waals surface area contributed by atoms with Gasteiger partial charge >= 0.3 is 5.97 Å². The summed E-state index contributed by atoms with van der Waals surface area (Å²) >= 11 is 6.30. The number of aliphatic carboxylic acids is 1. The molecule has 0 unspecified atom stereocenters. The van der Waals surface area contributed by atoms with Crippen molar-refractivity contribution in [3.8, 4) is 5.69 Å². The Morgan fingerprint density at radius 3 is 2.53 bits per heavy atom. The van der Waals surface area contributed by atoms with E-state index in [0.29, 0.717) is 23.0 Å². The molecule has 1 heterocycles. The highest BCUT2D eigenvalue weighted by Gasteiger charge is 2.24. The van der Waals surface area contributed by atoms with Gasteiger partial charge < -0.3 is 10.4 Å². The number of carboxylic acids is 1. The van der Waals surface area contributed by atoms with Gasteiger partial charge in [-0.2, -0.15) is 0 Å². The number of carboxylic acid groups (broad SMARTS) is 1. The van der Waals surface area contributed by atoms with Gasteiger partial charge in [-0.15, -0.1) is 5.10 Å². The van der Waals surface area contributed by atoms with Gasteiger partial charge in [-0.3, -0.25) is 9.59 Å². The van der Waals surface area contributed by atoms with E-state index < -0.39 is 17.9 Å². The summed E-state index contributed by atoms with van der Waals surface area (Å²) in [4.78, 5) is 28.7. The predicted molar refractivity (Wildman–Crippen MR) is 114 cm³/mol. The van der Waals surface area contributed by atoms with E-state index >= 15 is 0 Å². The summed E-state index contributed by atoms with van der Waals surface area (Å²) in [5.74, 6) is -0.957. The summed E-state index contributed by atoms with van der Waals surface area (Å²) in [6, 6.07) is 13.9. The zero-order valence-electron chi connectivity index (χ0n) is 16.8. The van der Waals surface area contributed by atoms with E-state index in [2.05, 4.69) is 15.4 Å². The molecule has 0 aliphatic heterocycles. The predicted octanol–water partition coefficient (Wildman–Crippen LogP) is 4.13. The van der Waals surface area contributed by atoms with Gasteiger partial charge in [-0.05, 0) is 36.6 Å². The summed E-state index contributed by atoms with van der Waals surface area (Å²) in [6.07, 6.45) is 1.18. The molecular formula is C22H23ClN4O3. The first-order valence-electron chi connectivity index (χ1n) is 9.69. The summed E-state index contributed by atoms with van der Waals surface area (Å²) in [5, 5.41) is 17.0. The molecule has 2 aromatic carbocycles. The molecule has 0 saturated carbocycles. The molecule has 3 aromatic rings.